The number of amides is 1. The summed E-state index contributed by atoms with van der Waals surface area (Å²) in [5.74, 6) is 1.12. The molecule has 2 aliphatic heterocycles. The molecule has 3 rings (SSSR count). The molecule has 0 unspecified atom stereocenters. The van der Waals surface area contributed by atoms with Gasteiger partial charge in [-0.05, 0) is 25.8 Å². The zero-order valence-electron chi connectivity index (χ0n) is 13.5. The number of aryl methyl sites for hydroxylation is 1. The van der Waals surface area contributed by atoms with Crippen molar-refractivity contribution in [2.45, 2.75) is 25.9 Å². The van der Waals surface area contributed by atoms with E-state index in [-0.39, 0.29) is 5.91 Å². The van der Waals surface area contributed by atoms with E-state index in [4.69, 9.17) is 9.26 Å². The lowest BCUT2D eigenvalue weighted by Crippen LogP contribution is -2.50. The molecule has 23 heavy (non-hydrogen) atoms. The lowest BCUT2D eigenvalue weighted by atomic mass is 10.1. The maximum absolute atomic E-state index is 12.0. The van der Waals surface area contributed by atoms with Crippen LogP contribution in [0.1, 0.15) is 18.6 Å². The van der Waals surface area contributed by atoms with E-state index in [0.29, 0.717) is 24.2 Å². The van der Waals surface area contributed by atoms with E-state index in [0.717, 1.165) is 45.6 Å². The molecule has 0 saturated carbocycles. The molecule has 1 saturated heterocycles. The topological polar surface area (TPSA) is 70.8 Å². The number of allylic oxidation sites excluding steroid dienone is 1. The van der Waals surface area contributed by atoms with Crippen molar-refractivity contribution in [3.63, 3.8) is 0 Å². The van der Waals surface area contributed by atoms with Crippen molar-refractivity contribution in [2.75, 3.05) is 44.6 Å². The number of piperazine rings is 1. The molecule has 1 aromatic rings. The fourth-order valence-electron chi connectivity index (χ4n) is 2.95. The summed E-state index contributed by atoms with van der Waals surface area (Å²) in [7, 11) is 0. The van der Waals surface area contributed by atoms with E-state index < -0.39 is 0 Å². The van der Waals surface area contributed by atoms with Gasteiger partial charge in [0.2, 0.25) is 5.91 Å². The lowest BCUT2D eigenvalue weighted by Gasteiger charge is -2.36. The van der Waals surface area contributed by atoms with E-state index in [2.05, 4.69) is 26.3 Å². The molecule has 126 valence electrons. The van der Waals surface area contributed by atoms with Crippen LogP contribution >= 0.6 is 0 Å². The number of rotatable bonds is 5. The summed E-state index contributed by atoms with van der Waals surface area (Å²) in [5, 5.41) is 6.53. The van der Waals surface area contributed by atoms with Crippen LogP contribution in [0.4, 0.5) is 5.82 Å². The van der Waals surface area contributed by atoms with Crippen LogP contribution in [-0.2, 0) is 9.53 Å². The second kappa shape index (κ2) is 7.61. The van der Waals surface area contributed by atoms with Crippen molar-refractivity contribution < 1.29 is 14.1 Å². The van der Waals surface area contributed by atoms with Gasteiger partial charge in [0.05, 0.1) is 12.8 Å². The minimum atomic E-state index is -0.0486. The Kier molecular flexibility index (Phi) is 5.30. The average Bonchev–Trinajstić information content (AvgIpc) is 2.95. The number of anilines is 1. The van der Waals surface area contributed by atoms with Crippen LogP contribution in [0.25, 0.3) is 0 Å². The highest BCUT2D eigenvalue weighted by Crippen LogP contribution is 2.13. The molecule has 7 heteroatoms. The molecule has 0 spiro atoms. The van der Waals surface area contributed by atoms with Gasteiger partial charge >= 0.3 is 0 Å². The smallest absolute Gasteiger partial charge is 0.239 e. The monoisotopic (exact) mass is 320 g/mol. The molecule has 0 radical (unpaired) electrons. The largest absolute Gasteiger partial charge is 0.497 e. The quantitative estimate of drug-likeness (QED) is 0.880. The van der Waals surface area contributed by atoms with E-state index >= 15 is 0 Å². The third-order valence-corrected chi connectivity index (χ3v) is 4.21. The van der Waals surface area contributed by atoms with Gasteiger partial charge in [-0.3, -0.25) is 14.6 Å². The first-order chi connectivity index (χ1) is 11.2. The maximum Gasteiger partial charge on any atom is 0.239 e. The number of aromatic nitrogens is 1. The molecular formula is C16H24N4O3. The summed E-state index contributed by atoms with van der Waals surface area (Å²) >= 11 is 0. The zero-order chi connectivity index (χ0) is 16.1. The maximum atomic E-state index is 12.0. The Morgan fingerprint density at radius 3 is 2.78 bits per heavy atom. The predicted octanol–water partition coefficient (Wildman–Crippen LogP) is 1.23. The summed E-state index contributed by atoms with van der Waals surface area (Å²) in [4.78, 5) is 16.6. The Labute approximate surface area is 136 Å². The molecule has 2 aliphatic rings. The SMILES string of the molecule is Cc1cc(NC(=O)CN2CCN(C[C@@H]3CCC=CO3)CC2)no1. The van der Waals surface area contributed by atoms with Crippen LogP contribution in [-0.4, -0.2) is 66.2 Å². The minimum absolute atomic E-state index is 0.0486. The van der Waals surface area contributed by atoms with E-state index in [9.17, 15) is 4.79 Å². The summed E-state index contributed by atoms with van der Waals surface area (Å²) in [5.41, 5.74) is 0. The molecule has 1 fully saturated rings. The third-order valence-electron chi connectivity index (χ3n) is 4.21. The first-order valence-corrected chi connectivity index (χ1v) is 8.17. The Morgan fingerprint density at radius 1 is 1.35 bits per heavy atom. The number of hydrogen-bond acceptors (Lipinski definition) is 6. The second-order valence-electron chi connectivity index (χ2n) is 6.15. The van der Waals surface area contributed by atoms with Crippen molar-refractivity contribution in [3.8, 4) is 0 Å². The average molecular weight is 320 g/mol. The number of nitrogens with one attached hydrogen (secondary N) is 1. The predicted molar refractivity (Wildman–Crippen MR) is 86.0 cm³/mol. The van der Waals surface area contributed by atoms with Gasteiger partial charge in [0, 0.05) is 38.8 Å². The number of hydrogen-bond donors (Lipinski definition) is 1. The molecule has 1 atom stereocenters. The molecule has 1 amide bonds. The van der Waals surface area contributed by atoms with Crippen molar-refractivity contribution >= 4 is 11.7 Å². The van der Waals surface area contributed by atoms with Gasteiger partial charge in [0.1, 0.15) is 11.9 Å². The van der Waals surface area contributed by atoms with E-state index in [1.165, 1.54) is 0 Å². The summed E-state index contributed by atoms with van der Waals surface area (Å²) < 4.78 is 10.6. The van der Waals surface area contributed by atoms with Crippen LogP contribution in [0.2, 0.25) is 0 Å². The first kappa shape index (κ1) is 16.0. The van der Waals surface area contributed by atoms with Crippen molar-refractivity contribution in [1.29, 1.82) is 0 Å². The highest BCUT2D eigenvalue weighted by molar-refractivity contribution is 5.91. The highest BCUT2D eigenvalue weighted by Gasteiger charge is 2.22. The van der Waals surface area contributed by atoms with Crippen LogP contribution in [0.15, 0.2) is 22.9 Å². The normalized spacial score (nSPS) is 22.7. The van der Waals surface area contributed by atoms with Crippen molar-refractivity contribution in [2.24, 2.45) is 0 Å². The van der Waals surface area contributed by atoms with Crippen LogP contribution < -0.4 is 5.32 Å². The van der Waals surface area contributed by atoms with Gasteiger partial charge in [-0.2, -0.15) is 0 Å². The lowest BCUT2D eigenvalue weighted by molar-refractivity contribution is -0.117. The molecule has 1 N–H and O–H groups in total. The van der Waals surface area contributed by atoms with Crippen LogP contribution in [0.3, 0.4) is 0 Å². The Hall–Kier alpha value is -1.86. The second-order valence-corrected chi connectivity index (χ2v) is 6.15. The van der Waals surface area contributed by atoms with Gasteiger partial charge in [-0.25, -0.2) is 0 Å². The molecule has 1 aromatic heterocycles. The molecule has 3 heterocycles. The fraction of sp³-hybridized carbons (Fsp3) is 0.625. The standard InChI is InChI=1S/C16H24N4O3/c1-13-10-15(18-23-13)17-16(21)12-20-7-5-19(6-8-20)11-14-4-2-3-9-22-14/h3,9-10,14H,2,4-8,11-12H2,1H3,(H,17,18,21)/t14-/m0/s1. The fourth-order valence-corrected chi connectivity index (χ4v) is 2.95. The Morgan fingerprint density at radius 2 is 2.13 bits per heavy atom. The van der Waals surface area contributed by atoms with E-state index in [1.54, 1.807) is 13.0 Å². The van der Waals surface area contributed by atoms with Crippen LogP contribution in [0.5, 0.6) is 0 Å². The van der Waals surface area contributed by atoms with Gasteiger partial charge in [0.15, 0.2) is 5.82 Å². The summed E-state index contributed by atoms with van der Waals surface area (Å²) in [6.45, 7) is 6.90. The van der Waals surface area contributed by atoms with Crippen molar-refractivity contribution in [1.82, 2.24) is 15.0 Å². The minimum Gasteiger partial charge on any atom is -0.497 e. The molecule has 0 aliphatic carbocycles. The van der Waals surface area contributed by atoms with Gasteiger partial charge in [-0.1, -0.05) is 5.16 Å². The van der Waals surface area contributed by atoms with Gasteiger partial charge in [-0.15, -0.1) is 0 Å². The molecular weight excluding hydrogens is 296 g/mol. The Bertz CT molecular complexity index is 549. The van der Waals surface area contributed by atoms with Crippen LogP contribution in [0, 0.1) is 6.92 Å². The first-order valence-electron chi connectivity index (χ1n) is 8.17. The van der Waals surface area contributed by atoms with E-state index in [1.807, 2.05) is 6.26 Å². The number of carbonyl (C=O) groups excluding carboxylic acids is 1. The summed E-state index contributed by atoms with van der Waals surface area (Å²) in [6, 6.07) is 1.72. The zero-order valence-corrected chi connectivity index (χ0v) is 13.5. The molecule has 0 bridgehead atoms. The molecule has 0 aromatic carbocycles. The Balaban J connectivity index is 1.37. The third kappa shape index (κ3) is 4.80. The number of nitrogens with zero attached hydrogens (tertiary/aromatic N) is 3. The van der Waals surface area contributed by atoms with Gasteiger partial charge < -0.3 is 14.6 Å². The summed E-state index contributed by atoms with van der Waals surface area (Å²) in [6.07, 6.45) is 6.40. The number of carbonyl (C=O) groups is 1. The number of ether oxygens (including phenoxy) is 1. The highest BCUT2D eigenvalue weighted by atomic mass is 16.5. The van der Waals surface area contributed by atoms with Crippen molar-refractivity contribution in [3.05, 3.63) is 24.2 Å². The van der Waals surface area contributed by atoms with Gasteiger partial charge in [0.25, 0.3) is 0 Å². The molecule has 7 nitrogen and oxygen atoms in total.